The molecule has 0 radical (unpaired) electrons. The number of nitrogen functional groups attached to an aromatic ring is 1. The van der Waals surface area contributed by atoms with Gasteiger partial charge in [-0.3, -0.25) is 14.5 Å². The lowest BCUT2D eigenvalue weighted by molar-refractivity contribution is 0.522. The Hall–Kier alpha value is -4.48. The van der Waals surface area contributed by atoms with Gasteiger partial charge in [-0.15, -0.1) is 5.10 Å². The van der Waals surface area contributed by atoms with Gasteiger partial charge in [0.2, 0.25) is 0 Å². The molecular weight excluding hydrogens is 539 g/mol. The standard InChI is InChI=1S/C26H18Cl2N10O/c27-12-2-4-20(37-10-21(28)34-36-37)16(6-12)17-8-22(39)38-23(14-7-15(14)26(38)32-17)19-9-30-25(31-19)11-1-3-13-18(5-11)33-35-24(13)29/h1-6,8-10,14-15,23H,7H2,(H,30,31)(H3,29,33,35). The molecule has 3 atom stereocenters. The molecule has 39 heavy (non-hydrogen) atoms. The van der Waals surface area contributed by atoms with Gasteiger partial charge in [0, 0.05) is 33.5 Å². The van der Waals surface area contributed by atoms with Gasteiger partial charge in [0.05, 0.1) is 41.0 Å². The van der Waals surface area contributed by atoms with Crippen molar-refractivity contribution in [2.45, 2.75) is 18.4 Å². The van der Waals surface area contributed by atoms with Crippen LogP contribution in [0.1, 0.15) is 29.9 Å². The van der Waals surface area contributed by atoms with E-state index in [0.29, 0.717) is 33.6 Å². The topological polar surface area (TPSA) is 149 Å². The molecule has 1 aliphatic carbocycles. The zero-order valence-electron chi connectivity index (χ0n) is 20.0. The second-order valence-electron chi connectivity index (χ2n) is 9.86. The third-order valence-electron chi connectivity index (χ3n) is 7.56. The van der Waals surface area contributed by atoms with Crippen LogP contribution in [0.2, 0.25) is 10.2 Å². The number of aromatic nitrogens is 9. The van der Waals surface area contributed by atoms with Gasteiger partial charge in [-0.1, -0.05) is 34.5 Å². The molecule has 2 aliphatic rings. The second-order valence-corrected chi connectivity index (χ2v) is 10.7. The zero-order valence-corrected chi connectivity index (χ0v) is 21.5. The second kappa shape index (κ2) is 8.01. The minimum atomic E-state index is -0.167. The number of H-pyrrole nitrogens is 2. The van der Waals surface area contributed by atoms with E-state index in [4.69, 9.17) is 33.9 Å². The highest BCUT2D eigenvalue weighted by Gasteiger charge is 2.55. The van der Waals surface area contributed by atoms with E-state index in [-0.39, 0.29) is 28.6 Å². The minimum absolute atomic E-state index is 0.139. The first-order chi connectivity index (χ1) is 18.9. The smallest absolute Gasteiger partial charge is 0.254 e. The van der Waals surface area contributed by atoms with E-state index in [1.165, 1.54) is 0 Å². The van der Waals surface area contributed by atoms with Crippen LogP contribution >= 0.6 is 23.2 Å². The average molecular weight is 557 g/mol. The summed E-state index contributed by atoms with van der Waals surface area (Å²) in [6.07, 6.45) is 4.35. The number of hydrogen-bond acceptors (Lipinski definition) is 7. The first kappa shape index (κ1) is 22.5. The Morgan fingerprint density at radius 1 is 1.10 bits per heavy atom. The molecule has 4 N–H and O–H groups in total. The number of nitrogens with two attached hydrogens (primary N) is 1. The number of hydrogen-bond donors (Lipinski definition) is 3. The van der Waals surface area contributed by atoms with Gasteiger partial charge in [0.1, 0.15) is 11.6 Å². The molecule has 6 aromatic rings. The largest absolute Gasteiger partial charge is 0.382 e. The first-order valence-corrected chi connectivity index (χ1v) is 13.0. The number of halogens is 2. The number of imidazole rings is 1. The number of nitrogens with zero attached hydrogens (tertiary/aromatic N) is 7. The molecule has 2 aromatic carbocycles. The summed E-state index contributed by atoms with van der Waals surface area (Å²) in [5.74, 6) is 2.40. The summed E-state index contributed by atoms with van der Waals surface area (Å²) in [6, 6.07) is 12.5. The normalized spacial score (nSPS) is 19.4. The zero-order chi connectivity index (χ0) is 26.4. The molecule has 4 aromatic heterocycles. The summed E-state index contributed by atoms with van der Waals surface area (Å²) in [5, 5.41) is 16.6. The molecule has 8 rings (SSSR count). The van der Waals surface area contributed by atoms with Crippen LogP contribution in [0.5, 0.6) is 0 Å². The van der Waals surface area contributed by atoms with Crippen LogP contribution in [-0.4, -0.2) is 44.7 Å². The molecule has 3 unspecified atom stereocenters. The van der Waals surface area contributed by atoms with Crippen molar-refractivity contribution >= 4 is 39.9 Å². The van der Waals surface area contributed by atoms with Gasteiger partial charge < -0.3 is 10.7 Å². The molecule has 5 heterocycles. The van der Waals surface area contributed by atoms with Crippen molar-refractivity contribution in [3.63, 3.8) is 0 Å². The van der Waals surface area contributed by atoms with Gasteiger partial charge in [-0.05, 0) is 42.7 Å². The Labute approximate surface area is 229 Å². The maximum absolute atomic E-state index is 13.6. The average Bonchev–Trinajstić information content (AvgIpc) is 3.28. The molecule has 0 amide bonds. The predicted molar refractivity (Wildman–Crippen MR) is 146 cm³/mol. The van der Waals surface area contributed by atoms with Gasteiger partial charge in [-0.25, -0.2) is 14.6 Å². The van der Waals surface area contributed by atoms with Crippen molar-refractivity contribution in [3.05, 3.63) is 86.9 Å². The number of fused-ring (bicyclic) bond motifs is 4. The SMILES string of the molecule is Nc1n[nH]c2cc(-c3ncc(C4C5CC5c5nc(-c6cc(Cl)ccc6-n6cc(Cl)nn6)cc(=O)n54)[nH]3)ccc12. The molecule has 1 aliphatic heterocycles. The third kappa shape index (κ3) is 3.43. The molecule has 13 heteroatoms. The van der Waals surface area contributed by atoms with Crippen LogP contribution < -0.4 is 11.3 Å². The van der Waals surface area contributed by atoms with Gasteiger partial charge >= 0.3 is 0 Å². The molecule has 0 saturated heterocycles. The van der Waals surface area contributed by atoms with E-state index in [9.17, 15) is 4.79 Å². The summed E-state index contributed by atoms with van der Waals surface area (Å²) in [6.45, 7) is 0. The number of anilines is 1. The first-order valence-electron chi connectivity index (χ1n) is 12.2. The van der Waals surface area contributed by atoms with Crippen LogP contribution in [0, 0.1) is 5.92 Å². The summed E-state index contributed by atoms with van der Waals surface area (Å²) < 4.78 is 3.33. The number of benzene rings is 2. The van der Waals surface area contributed by atoms with Gasteiger partial charge in [0.25, 0.3) is 5.56 Å². The van der Waals surface area contributed by atoms with Crippen LogP contribution in [0.15, 0.2) is 59.7 Å². The molecule has 0 spiro atoms. The molecular formula is C26H18Cl2N10O. The number of aromatic amines is 2. The Morgan fingerprint density at radius 3 is 2.85 bits per heavy atom. The fourth-order valence-corrected chi connectivity index (χ4v) is 6.00. The highest BCUT2D eigenvalue weighted by Crippen LogP contribution is 2.60. The lowest BCUT2D eigenvalue weighted by Crippen LogP contribution is -2.27. The molecule has 11 nitrogen and oxygen atoms in total. The van der Waals surface area contributed by atoms with Crippen molar-refractivity contribution < 1.29 is 0 Å². The Bertz CT molecular complexity index is 2000. The Balaban J connectivity index is 1.19. The van der Waals surface area contributed by atoms with E-state index in [2.05, 4.69) is 30.5 Å². The molecule has 192 valence electrons. The van der Waals surface area contributed by atoms with E-state index >= 15 is 0 Å². The maximum Gasteiger partial charge on any atom is 0.254 e. The van der Waals surface area contributed by atoms with Crippen LogP contribution in [0.25, 0.3) is 39.2 Å². The predicted octanol–water partition coefficient (Wildman–Crippen LogP) is 4.35. The minimum Gasteiger partial charge on any atom is -0.382 e. The third-order valence-corrected chi connectivity index (χ3v) is 7.97. The van der Waals surface area contributed by atoms with Crippen LogP contribution in [0.4, 0.5) is 5.82 Å². The van der Waals surface area contributed by atoms with E-state index in [0.717, 1.165) is 34.4 Å². The highest BCUT2D eigenvalue weighted by molar-refractivity contribution is 6.31. The summed E-state index contributed by atoms with van der Waals surface area (Å²) in [7, 11) is 0. The lowest BCUT2D eigenvalue weighted by Gasteiger charge is -2.17. The molecule has 1 saturated carbocycles. The Morgan fingerprint density at radius 2 is 2.00 bits per heavy atom. The van der Waals surface area contributed by atoms with E-state index in [1.54, 1.807) is 45.9 Å². The van der Waals surface area contributed by atoms with Gasteiger partial charge in [-0.2, -0.15) is 5.10 Å². The quantitative estimate of drug-likeness (QED) is 0.292. The fourth-order valence-electron chi connectivity index (χ4n) is 5.70. The van der Waals surface area contributed by atoms with Crippen LogP contribution in [0.3, 0.4) is 0 Å². The van der Waals surface area contributed by atoms with Crippen molar-refractivity contribution in [2.24, 2.45) is 5.92 Å². The van der Waals surface area contributed by atoms with E-state index in [1.807, 2.05) is 18.2 Å². The fraction of sp³-hybridized carbons (Fsp3) is 0.154. The summed E-state index contributed by atoms with van der Waals surface area (Å²) in [5.41, 5.74) is 10.2. The Kier molecular flexibility index (Phi) is 4.62. The summed E-state index contributed by atoms with van der Waals surface area (Å²) >= 11 is 12.3. The summed E-state index contributed by atoms with van der Waals surface area (Å²) in [4.78, 5) is 26.6. The molecule has 1 fully saturated rings. The molecule has 0 bridgehead atoms. The number of nitrogens with one attached hydrogen (secondary N) is 2. The van der Waals surface area contributed by atoms with Crippen molar-refractivity contribution in [1.29, 1.82) is 0 Å². The van der Waals surface area contributed by atoms with Gasteiger partial charge in [0.15, 0.2) is 11.0 Å². The van der Waals surface area contributed by atoms with E-state index < -0.39 is 0 Å². The number of rotatable bonds is 4. The lowest BCUT2D eigenvalue weighted by atomic mass is 10.1. The van der Waals surface area contributed by atoms with Crippen molar-refractivity contribution in [3.8, 4) is 28.3 Å². The maximum atomic E-state index is 13.6. The monoisotopic (exact) mass is 556 g/mol. The van der Waals surface area contributed by atoms with Crippen molar-refractivity contribution in [1.82, 2.24) is 44.7 Å². The van der Waals surface area contributed by atoms with Crippen LogP contribution in [-0.2, 0) is 0 Å². The highest BCUT2D eigenvalue weighted by atomic mass is 35.5. The van der Waals surface area contributed by atoms with Crippen molar-refractivity contribution in [2.75, 3.05) is 5.73 Å².